The van der Waals surface area contributed by atoms with Crippen LogP contribution in [-0.4, -0.2) is 47.3 Å². The van der Waals surface area contributed by atoms with Gasteiger partial charge in [0.05, 0.1) is 5.92 Å². The van der Waals surface area contributed by atoms with E-state index in [9.17, 15) is 22.8 Å². The summed E-state index contributed by atoms with van der Waals surface area (Å²) in [5.41, 5.74) is 8.88. The molecule has 1 aromatic rings. The number of carbonyl (C=O) groups is 2. The lowest BCUT2D eigenvalue weighted by atomic mass is 9.88. The Kier molecular flexibility index (Phi) is 5.69. The molecule has 2 fully saturated rings. The molecule has 0 radical (unpaired) electrons. The molecule has 2 amide bonds. The molecule has 1 saturated carbocycles. The van der Waals surface area contributed by atoms with Gasteiger partial charge in [-0.15, -0.1) is 0 Å². The van der Waals surface area contributed by atoms with Crippen LogP contribution in [0, 0.1) is 0 Å². The number of fused-ring (bicyclic) bond motifs is 1. The number of benzene rings is 1. The van der Waals surface area contributed by atoms with Crippen LogP contribution in [0.3, 0.4) is 0 Å². The summed E-state index contributed by atoms with van der Waals surface area (Å²) in [4.78, 5) is 26.0. The van der Waals surface area contributed by atoms with Gasteiger partial charge in [-0.25, -0.2) is 10.4 Å². The minimum atomic E-state index is -4.59. The van der Waals surface area contributed by atoms with Crippen molar-refractivity contribution in [3.05, 3.63) is 47.2 Å². The highest BCUT2D eigenvalue weighted by atomic mass is 19.4. The van der Waals surface area contributed by atoms with E-state index < -0.39 is 36.1 Å². The molecule has 31 heavy (non-hydrogen) atoms. The quantitative estimate of drug-likeness (QED) is 0.539. The first-order chi connectivity index (χ1) is 14.7. The maximum absolute atomic E-state index is 13.8. The van der Waals surface area contributed by atoms with E-state index in [1.807, 2.05) is 0 Å². The Bertz CT molecular complexity index is 889. The van der Waals surface area contributed by atoms with Crippen molar-refractivity contribution in [2.45, 2.75) is 69.0 Å². The second kappa shape index (κ2) is 8.16. The molecule has 168 valence electrons. The Morgan fingerprint density at radius 2 is 1.87 bits per heavy atom. The third-order valence-corrected chi connectivity index (χ3v) is 6.33. The zero-order valence-electron chi connectivity index (χ0n) is 17.1. The monoisotopic (exact) mass is 437 g/mol. The first-order valence-corrected chi connectivity index (χ1v) is 10.4. The summed E-state index contributed by atoms with van der Waals surface area (Å²) in [5, 5.41) is 6.67. The summed E-state index contributed by atoms with van der Waals surface area (Å²) in [6.07, 6.45) is -2.19. The number of nitrogens with zero attached hydrogens (tertiary/aromatic N) is 1. The van der Waals surface area contributed by atoms with Gasteiger partial charge >= 0.3 is 6.18 Å². The van der Waals surface area contributed by atoms with Crippen molar-refractivity contribution < 1.29 is 22.8 Å². The van der Waals surface area contributed by atoms with Crippen LogP contribution in [0.1, 0.15) is 44.1 Å². The van der Waals surface area contributed by atoms with E-state index >= 15 is 0 Å². The summed E-state index contributed by atoms with van der Waals surface area (Å²) in [5.74, 6) is -2.48. The molecule has 5 atom stereocenters. The van der Waals surface area contributed by atoms with Crippen molar-refractivity contribution >= 4 is 11.8 Å². The highest BCUT2D eigenvalue weighted by molar-refractivity contribution is 6.19. The SMILES string of the molecule is CC1=C(C(=O)N[C@@H]2CCCC[C@H]2N)C(=O)N2NC(C(F)(F)F)C(c3ccccc3)C2N1. The molecule has 1 aliphatic carbocycles. The largest absolute Gasteiger partial charge is 0.406 e. The van der Waals surface area contributed by atoms with E-state index in [0.717, 1.165) is 24.3 Å². The molecule has 2 heterocycles. The number of alkyl halides is 3. The lowest BCUT2D eigenvalue weighted by Gasteiger charge is -2.35. The third kappa shape index (κ3) is 4.01. The van der Waals surface area contributed by atoms with Gasteiger partial charge in [-0.05, 0) is 25.3 Å². The van der Waals surface area contributed by atoms with Gasteiger partial charge < -0.3 is 16.4 Å². The summed E-state index contributed by atoms with van der Waals surface area (Å²) in [7, 11) is 0. The number of nitrogens with one attached hydrogen (secondary N) is 3. The zero-order valence-corrected chi connectivity index (χ0v) is 17.1. The Labute approximate surface area is 178 Å². The van der Waals surface area contributed by atoms with Gasteiger partial charge in [0.25, 0.3) is 11.8 Å². The summed E-state index contributed by atoms with van der Waals surface area (Å²) < 4.78 is 41.5. The van der Waals surface area contributed by atoms with Crippen LogP contribution < -0.4 is 21.8 Å². The maximum Gasteiger partial charge on any atom is 0.406 e. The number of hydrogen-bond donors (Lipinski definition) is 4. The average molecular weight is 437 g/mol. The zero-order chi connectivity index (χ0) is 22.3. The topological polar surface area (TPSA) is 99.5 Å². The van der Waals surface area contributed by atoms with E-state index in [-0.39, 0.29) is 23.4 Å². The Balaban J connectivity index is 1.62. The molecule has 7 nitrogen and oxygen atoms in total. The van der Waals surface area contributed by atoms with Crippen LogP contribution in [-0.2, 0) is 9.59 Å². The van der Waals surface area contributed by atoms with Gasteiger partial charge in [0.15, 0.2) is 0 Å². The molecule has 10 heteroatoms. The predicted octanol–water partition coefficient (Wildman–Crippen LogP) is 1.64. The number of carbonyl (C=O) groups excluding carboxylic acids is 2. The maximum atomic E-state index is 13.8. The summed E-state index contributed by atoms with van der Waals surface area (Å²) >= 11 is 0. The molecule has 4 rings (SSSR count). The van der Waals surface area contributed by atoms with Gasteiger partial charge in [0.1, 0.15) is 17.8 Å². The van der Waals surface area contributed by atoms with Crippen LogP contribution >= 0.6 is 0 Å². The molecular weight excluding hydrogens is 411 g/mol. The molecule has 5 N–H and O–H groups in total. The van der Waals surface area contributed by atoms with Crippen LogP contribution in [0.2, 0.25) is 0 Å². The van der Waals surface area contributed by atoms with E-state index in [4.69, 9.17) is 5.73 Å². The number of rotatable bonds is 3. The van der Waals surface area contributed by atoms with Gasteiger partial charge in [0, 0.05) is 17.8 Å². The van der Waals surface area contributed by atoms with Crippen LogP contribution in [0.5, 0.6) is 0 Å². The number of nitrogens with two attached hydrogens (primary N) is 1. The van der Waals surface area contributed by atoms with Crippen molar-refractivity contribution in [2.75, 3.05) is 0 Å². The smallest absolute Gasteiger partial charge is 0.366 e. The van der Waals surface area contributed by atoms with Crippen molar-refractivity contribution in [2.24, 2.45) is 5.73 Å². The van der Waals surface area contributed by atoms with E-state index in [1.165, 1.54) is 6.92 Å². The second-order valence-corrected chi connectivity index (χ2v) is 8.38. The third-order valence-electron chi connectivity index (χ3n) is 6.33. The normalized spacial score (nSPS) is 31.3. The van der Waals surface area contributed by atoms with Crippen molar-refractivity contribution in [1.82, 2.24) is 21.1 Å². The van der Waals surface area contributed by atoms with E-state index in [1.54, 1.807) is 30.3 Å². The van der Waals surface area contributed by atoms with Gasteiger partial charge in [-0.3, -0.25) is 9.59 Å². The summed E-state index contributed by atoms with van der Waals surface area (Å²) in [6, 6.07) is 5.79. The lowest BCUT2D eigenvalue weighted by Crippen LogP contribution is -2.58. The minimum absolute atomic E-state index is 0.198. The average Bonchev–Trinajstić information content (AvgIpc) is 3.10. The fourth-order valence-electron chi connectivity index (χ4n) is 4.74. The van der Waals surface area contributed by atoms with Crippen LogP contribution in [0.4, 0.5) is 13.2 Å². The highest BCUT2D eigenvalue weighted by Crippen LogP contribution is 2.41. The number of allylic oxidation sites excluding steroid dienone is 1. The molecule has 0 spiro atoms. The van der Waals surface area contributed by atoms with Gasteiger partial charge in [0.2, 0.25) is 0 Å². The molecule has 3 aliphatic rings. The number of hydrogen-bond acceptors (Lipinski definition) is 5. The number of hydrazine groups is 1. The Hall–Kier alpha value is -2.59. The van der Waals surface area contributed by atoms with Gasteiger partial charge in [-0.1, -0.05) is 43.2 Å². The van der Waals surface area contributed by atoms with Crippen LogP contribution in [0.15, 0.2) is 41.6 Å². The molecule has 3 unspecified atom stereocenters. The standard InChI is InChI=1S/C21H26F3N5O2/c1-11-15(19(30)27-14-10-6-5-9-13(14)25)20(31)29-18(26-11)16(12-7-3-2-4-8-12)17(28-29)21(22,23)24/h2-4,7-8,13-14,16-18,26,28H,5-6,9-10,25H2,1H3,(H,27,30)/t13-,14-,16?,17?,18?/m1/s1. The molecule has 0 aromatic heterocycles. The Morgan fingerprint density at radius 3 is 2.52 bits per heavy atom. The molecule has 2 aliphatic heterocycles. The fourth-order valence-corrected chi connectivity index (χ4v) is 4.74. The van der Waals surface area contributed by atoms with Crippen molar-refractivity contribution in [3.8, 4) is 0 Å². The van der Waals surface area contributed by atoms with Gasteiger partial charge in [-0.2, -0.15) is 13.2 Å². The highest BCUT2D eigenvalue weighted by Gasteiger charge is 2.58. The lowest BCUT2D eigenvalue weighted by molar-refractivity contribution is -0.161. The number of halogens is 3. The van der Waals surface area contributed by atoms with E-state index in [0.29, 0.717) is 12.0 Å². The predicted molar refractivity (Wildman–Crippen MR) is 107 cm³/mol. The second-order valence-electron chi connectivity index (χ2n) is 8.38. The molecule has 1 aromatic carbocycles. The fraction of sp³-hybridized carbons (Fsp3) is 0.524. The first-order valence-electron chi connectivity index (χ1n) is 10.4. The number of amides is 2. The first kappa shape index (κ1) is 21.6. The van der Waals surface area contributed by atoms with Crippen molar-refractivity contribution in [1.29, 1.82) is 0 Å². The summed E-state index contributed by atoms with van der Waals surface area (Å²) in [6.45, 7) is 1.54. The Morgan fingerprint density at radius 1 is 1.19 bits per heavy atom. The molecule has 1 saturated heterocycles. The molecule has 0 bridgehead atoms. The molecular formula is C21H26F3N5O2. The van der Waals surface area contributed by atoms with Crippen molar-refractivity contribution in [3.63, 3.8) is 0 Å². The minimum Gasteiger partial charge on any atom is -0.366 e. The van der Waals surface area contributed by atoms with Crippen LogP contribution in [0.25, 0.3) is 0 Å². The van der Waals surface area contributed by atoms with E-state index in [2.05, 4.69) is 16.1 Å².